The number of hydrogen-bond acceptors (Lipinski definition) is 5. The van der Waals surface area contributed by atoms with Crippen LogP contribution in [0.25, 0.3) is 0 Å². The summed E-state index contributed by atoms with van der Waals surface area (Å²) >= 11 is 5.97. The van der Waals surface area contributed by atoms with Gasteiger partial charge in [0.15, 0.2) is 5.76 Å². The average Bonchev–Trinajstić information content (AvgIpc) is 2.81. The molecule has 7 nitrogen and oxygen atoms in total. The van der Waals surface area contributed by atoms with Crippen LogP contribution in [0.15, 0.2) is 27.6 Å². The van der Waals surface area contributed by atoms with Gasteiger partial charge in [0.25, 0.3) is 0 Å². The molecule has 0 spiro atoms. The summed E-state index contributed by atoms with van der Waals surface area (Å²) in [6.07, 6.45) is 0. The van der Waals surface area contributed by atoms with E-state index in [1.165, 1.54) is 13.8 Å². The number of hydrogen-bond donors (Lipinski definition) is 2. The summed E-state index contributed by atoms with van der Waals surface area (Å²) in [7, 11) is -3.87. The van der Waals surface area contributed by atoms with Crippen molar-refractivity contribution in [2.45, 2.75) is 25.7 Å². The van der Waals surface area contributed by atoms with Crippen molar-refractivity contribution < 1.29 is 17.7 Å². The molecule has 0 radical (unpaired) electrons. The first-order valence-corrected chi connectivity index (χ1v) is 8.55. The first kappa shape index (κ1) is 17.5. The van der Waals surface area contributed by atoms with Crippen LogP contribution in [0.5, 0.6) is 0 Å². The third kappa shape index (κ3) is 4.10. The fourth-order valence-electron chi connectivity index (χ4n) is 1.97. The Morgan fingerprint density at radius 1 is 1.30 bits per heavy atom. The monoisotopic (exact) mass is 357 g/mol. The predicted octanol–water partition coefficient (Wildman–Crippen LogP) is 2.17. The molecule has 2 N–H and O–H groups in total. The van der Waals surface area contributed by atoms with E-state index in [-0.39, 0.29) is 16.3 Å². The van der Waals surface area contributed by atoms with Gasteiger partial charge in [0, 0.05) is 10.7 Å². The second-order valence-corrected chi connectivity index (χ2v) is 7.10. The molecule has 0 aliphatic rings. The largest absolute Gasteiger partial charge is 0.360 e. The smallest absolute Gasteiger partial charge is 0.246 e. The minimum absolute atomic E-state index is 0.0521. The lowest BCUT2D eigenvalue weighted by molar-refractivity contribution is -0.115. The molecule has 2 rings (SSSR count). The Morgan fingerprint density at radius 3 is 2.57 bits per heavy atom. The lowest BCUT2D eigenvalue weighted by Crippen LogP contribution is -2.33. The van der Waals surface area contributed by atoms with Crippen molar-refractivity contribution in [1.29, 1.82) is 0 Å². The minimum atomic E-state index is -3.87. The van der Waals surface area contributed by atoms with E-state index in [4.69, 9.17) is 16.1 Å². The van der Waals surface area contributed by atoms with E-state index in [0.717, 1.165) is 5.56 Å². The van der Waals surface area contributed by atoms with E-state index in [9.17, 15) is 13.2 Å². The van der Waals surface area contributed by atoms with Crippen molar-refractivity contribution in [3.63, 3.8) is 0 Å². The maximum atomic E-state index is 12.2. The second-order valence-electron chi connectivity index (χ2n) is 4.99. The molecule has 0 bridgehead atoms. The highest BCUT2D eigenvalue weighted by Gasteiger charge is 2.24. The molecular weight excluding hydrogens is 342 g/mol. The van der Waals surface area contributed by atoms with Crippen LogP contribution >= 0.6 is 11.6 Å². The molecule has 1 amide bonds. The molecule has 23 heavy (non-hydrogen) atoms. The lowest BCUT2D eigenvalue weighted by atomic mass is 10.2. The molecule has 1 heterocycles. The fourth-order valence-corrected chi connectivity index (χ4v) is 3.45. The van der Waals surface area contributed by atoms with E-state index in [1.54, 1.807) is 18.2 Å². The van der Waals surface area contributed by atoms with Crippen LogP contribution in [0.4, 0.5) is 5.69 Å². The molecule has 1 aromatic heterocycles. The highest BCUT2D eigenvalue weighted by Crippen LogP contribution is 2.20. The maximum Gasteiger partial charge on any atom is 0.246 e. The van der Waals surface area contributed by atoms with Crippen molar-refractivity contribution in [2.75, 3.05) is 11.9 Å². The molecule has 0 atom stereocenters. The van der Waals surface area contributed by atoms with Crippen LogP contribution in [-0.4, -0.2) is 26.0 Å². The number of halogens is 1. The summed E-state index contributed by atoms with van der Waals surface area (Å²) in [5.74, 6) is -0.346. The summed E-state index contributed by atoms with van der Waals surface area (Å²) in [4.78, 5) is 11.8. The van der Waals surface area contributed by atoms with Gasteiger partial charge < -0.3 is 9.84 Å². The fraction of sp³-hybridized carbons (Fsp3) is 0.286. The zero-order valence-corrected chi connectivity index (χ0v) is 14.4. The van der Waals surface area contributed by atoms with Crippen molar-refractivity contribution in [3.8, 4) is 0 Å². The van der Waals surface area contributed by atoms with E-state index in [2.05, 4.69) is 15.2 Å². The number of rotatable bonds is 5. The van der Waals surface area contributed by atoms with Gasteiger partial charge in [-0.05, 0) is 38.5 Å². The predicted molar refractivity (Wildman–Crippen MR) is 86.0 cm³/mol. The van der Waals surface area contributed by atoms with E-state index < -0.39 is 22.5 Å². The number of nitrogens with one attached hydrogen (secondary N) is 2. The number of benzene rings is 1. The van der Waals surface area contributed by atoms with Gasteiger partial charge in [0.05, 0.1) is 6.54 Å². The molecule has 0 saturated heterocycles. The maximum absolute atomic E-state index is 12.2. The van der Waals surface area contributed by atoms with Gasteiger partial charge in [-0.1, -0.05) is 22.8 Å². The molecule has 1 aromatic carbocycles. The van der Waals surface area contributed by atoms with Gasteiger partial charge in [-0.2, -0.15) is 0 Å². The quantitative estimate of drug-likeness (QED) is 0.853. The molecule has 0 aliphatic heterocycles. The molecule has 0 unspecified atom stereocenters. The summed E-state index contributed by atoms with van der Waals surface area (Å²) < 4.78 is 31.4. The molecule has 0 aliphatic carbocycles. The number of aromatic nitrogens is 1. The van der Waals surface area contributed by atoms with Crippen LogP contribution in [0.1, 0.15) is 17.0 Å². The zero-order chi connectivity index (χ0) is 17.2. The summed E-state index contributed by atoms with van der Waals surface area (Å²) in [6.45, 7) is 4.42. The first-order chi connectivity index (χ1) is 10.7. The summed E-state index contributed by atoms with van der Waals surface area (Å²) in [6, 6.07) is 5.03. The molecule has 9 heteroatoms. The second kappa shape index (κ2) is 6.69. The Balaban J connectivity index is 2.02. The number of sulfonamides is 1. The van der Waals surface area contributed by atoms with E-state index in [1.807, 2.05) is 6.92 Å². The third-order valence-corrected chi connectivity index (χ3v) is 5.17. The van der Waals surface area contributed by atoms with E-state index >= 15 is 0 Å². The lowest BCUT2D eigenvalue weighted by Gasteiger charge is -2.08. The highest BCUT2D eigenvalue weighted by molar-refractivity contribution is 7.89. The normalized spacial score (nSPS) is 11.5. The highest BCUT2D eigenvalue weighted by atomic mass is 35.5. The van der Waals surface area contributed by atoms with Gasteiger partial charge >= 0.3 is 0 Å². The van der Waals surface area contributed by atoms with Crippen molar-refractivity contribution in [1.82, 2.24) is 9.88 Å². The number of carbonyl (C=O) groups is 1. The zero-order valence-electron chi connectivity index (χ0n) is 12.8. The third-order valence-electron chi connectivity index (χ3n) is 3.11. The van der Waals surface area contributed by atoms with Crippen molar-refractivity contribution in [3.05, 3.63) is 40.2 Å². The van der Waals surface area contributed by atoms with Gasteiger partial charge in [-0.3, -0.25) is 4.79 Å². The van der Waals surface area contributed by atoms with Gasteiger partial charge in [0.1, 0.15) is 10.6 Å². The number of aryl methyl sites for hydroxylation is 3. The van der Waals surface area contributed by atoms with Gasteiger partial charge in [-0.25, -0.2) is 13.1 Å². The molecular formula is C14H16ClN3O4S. The topological polar surface area (TPSA) is 101 Å². The van der Waals surface area contributed by atoms with Crippen LogP contribution < -0.4 is 10.0 Å². The molecule has 0 fully saturated rings. The molecule has 0 saturated carbocycles. The standard InChI is InChI=1S/C14H16ClN3O4S/c1-8-4-5-11(6-12(8)15)17-13(19)7-16-23(20,21)14-9(2)18-22-10(14)3/h4-6,16H,7H2,1-3H3,(H,17,19). The first-order valence-electron chi connectivity index (χ1n) is 6.69. The Morgan fingerprint density at radius 2 is 2.00 bits per heavy atom. The van der Waals surface area contributed by atoms with Crippen LogP contribution in [0.2, 0.25) is 5.02 Å². The number of amides is 1. The van der Waals surface area contributed by atoms with Crippen LogP contribution in [-0.2, 0) is 14.8 Å². The van der Waals surface area contributed by atoms with E-state index in [0.29, 0.717) is 10.7 Å². The minimum Gasteiger partial charge on any atom is -0.360 e. The number of nitrogens with zero attached hydrogens (tertiary/aromatic N) is 1. The van der Waals surface area contributed by atoms with Crippen molar-refractivity contribution in [2.24, 2.45) is 0 Å². The summed E-state index contributed by atoms with van der Waals surface area (Å²) in [5, 5.41) is 6.67. The average molecular weight is 358 g/mol. The molecule has 2 aromatic rings. The Labute approximate surface area is 139 Å². The van der Waals surface area contributed by atoms with Crippen LogP contribution in [0.3, 0.4) is 0 Å². The van der Waals surface area contributed by atoms with Gasteiger partial charge in [0.2, 0.25) is 15.9 Å². The Bertz CT molecular complexity index is 826. The summed E-state index contributed by atoms with van der Waals surface area (Å²) in [5.41, 5.74) is 1.60. The Hall–Kier alpha value is -1.90. The SMILES string of the molecule is Cc1ccc(NC(=O)CNS(=O)(=O)c2c(C)noc2C)cc1Cl. The van der Waals surface area contributed by atoms with Crippen LogP contribution in [0, 0.1) is 20.8 Å². The Kier molecular flexibility index (Phi) is 5.08. The van der Waals surface area contributed by atoms with Crippen molar-refractivity contribution >= 4 is 33.2 Å². The number of carbonyl (C=O) groups excluding carboxylic acids is 1. The molecule has 124 valence electrons. The van der Waals surface area contributed by atoms with Gasteiger partial charge in [-0.15, -0.1) is 0 Å². The number of anilines is 1.